The van der Waals surface area contributed by atoms with Crippen molar-refractivity contribution in [3.8, 4) is 0 Å². The van der Waals surface area contributed by atoms with Crippen LogP contribution in [0.4, 0.5) is 23.0 Å². The largest absolute Gasteiger partial charge is 0.367 e. The predicted octanol–water partition coefficient (Wildman–Crippen LogP) is 4.23. The fraction of sp³-hybridized carbons (Fsp3) is 0.421. The van der Waals surface area contributed by atoms with Gasteiger partial charge in [-0.3, -0.25) is 4.79 Å². The number of rotatable bonds is 5. The van der Waals surface area contributed by atoms with Crippen LogP contribution >= 0.6 is 0 Å². The van der Waals surface area contributed by atoms with E-state index in [9.17, 15) is 4.79 Å². The zero-order chi connectivity index (χ0) is 17.6. The zero-order valence-electron chi connectivity index (χ0n) is 14.8. The highest BCUT2D eigenvalue weighted by Crippen LogP contribution is 2.24. The van der Waals surface area contributed by atoms with Gasteiger partial charge in [-0.2, -0.15) is 0 Å². The van der Waals surface area contributed by atoms with Gasteiger partial charge in [-0.05, 0) is 38.0 Å². The van der Waals surface area contributed by atoms with Crippen LogP contribution in [0.1, 0.15) is 44.9 Å². The quantitative estimate of drug-likeness (QED) is 0.759. The van der Waals surface area contributed by atoms with E-state index >= 15 is 0 Å². The molecule has 3 N–H and O–H groups in total. The molecule has 0 bridgehead atoms. The van der Waals surface area contributed by atoms with Gasteiger partial charge in [-0.1, -0.05) is 25.3 Å². The molecule has 25 heavy (non-hydrogen) atoms. The summed E-state index contributed by atoms with van der Waals surface area (Å²) in [5, 5.41) is 9.61. The lowest BCUT2D eigenvalue weighted by Crippen LogP contribution is -2.23. The summed E-state index contributed by atoms with van der Waals surface area (Å²) in [6, 6.07) is 10.0. The van der Waals surface area contributed by atoms with E-state index in [1.165, 1.54) is 39.0 Å². The van der Waals surface area contributed by atoms with Gasteiger partial charge < -0.3 is 16.0 Å². The van der Waals surface area contributed by atoms with Crippen molar-refractivity contribution in [2.45, 2.75) is 52.0 Å². The Bertz CT molecular complexity index is 740. The standard InChI is InChI=1S/C19H25N5O/c1-13-20-18(23-15-7-4-3-5-8-15)12-19(21-13)24-17-10-6-9-16(11-17)22-14(2)25/h6,9-12,15H,3-5,7-8H2,1-2H3,(H,22,25)(H2,20,21,23,24). The average molecular weight is 339 g/mol. The lowest BCUT2D eigenvalue weighted by Gasteiger charge is -2.23. The minimum absolute atomic E-state index is 0.0889. The summed E-state index contributed by atoms with van der Waals surface area (Å²) in [6.45, 7) is 3.39. The second kappa shape index (κ2) is 7.96. The van der Waals surface area contributed by atoms with Crippen LogP contribution in [-0.2, 0) is 4.79 Å². The van der Waals surface area contributed by atoms with E-state index in [2.05, 4.69) is 25.9 Å². The van der Waals surface area contributed by atoms with E-state index < -0.39 is 0 Å². The van der Waals surface area contributed by atoms with Gasteiger partial charge in [0.05, 0.1) is 0 Å². The molecule has 6 nitrogen and oxygen atoms in total. The first-order valence-electron chi connectivity index (χ1n) is 8.85. The number of amides is 1. The third kappa shape index (κ3) is 5.17. The van der Waals surface area contributed by atoms with E-state index in [-0.39, 0.29) is 5.91 Å². The van der Waals surface area contributed by atoms with Crippen LogP contribution in [0, 0.1) is 6.92 Å². The second-order valence-electron chi connectivity index (χ2n) is 6.55. The molecule has 1 amide bonds. The van der Waals surface area contributed by atoms with Gasteiger partial charge in [-0.25, -0.2) is 9.97 Å². The number of aromatic nitrogens is 2. The maximum absolute atomic E-state index is 11.2. The van der Waals surface area contributed by atoms with Crippen molar-refractivity contribution < 1.29 is 4.79 Å². The minimum atomic E-state index is -0.0889. The molecule has 1 aliphatic carbocycles. The van der Waals surface area contributed by atoms with Crippen LogP contribution < -0.4 is 16.0 Å². The lowest BCUT2D eigenvalue weighted by molar-refractivity contribution is -0.114. The maximum atomic E-state index is 11.2. The summed E-state index contributed by atoms with van der Waals surface area (Å²) < 4.78 is 0. The van der Waals surface area contributed by atoms with Crippen molar-refractivity contribution in [2.75, 3.05) is 16.0 Å². The van der Waals surface area contributed by atoms with Gasteiger partial charge in [0.25, 0.3) is 0 Å². The molecule has 1 heterocycles. The van der Waals surface area contributed by atoms with Gasteiger partial charge >= 0.3 is 0 Å². The molecule has 1 fully saturated rings. The Hall–Kier alpha value is -2.63. The molecule has 1 saturated carbocycles. The average Bonchev–Trinajstić information content (AvgIpc) is 2.55. The van der Waals surface area contributed by atoms with Crippen LogP contribution in [0.25, 0.3) is 0 Å². The number of nitrogens with zero attached hydrogens (tertiary/aromatic N) is 2. The molecule has 3 rings (SSSR count). The normalized spacial score (nSPS) is 14.8. The fourth-order valence-electron chi connectivity index (χ4n) is 3.19. The number of hydrogen-bond acceptors (Lipinski definition) is 5. The van der Waals surface area contributed by atoms with Crippen molar-refractivity contribution in [1.82, 2.24) is 9.97 Å². The molecule has 0 aliphatic heterocycles. The molecule has 132 valence electrons. The van der Waals surface area contributed by atoms with Crippen molar-refractivity contribution in [2.24, 2.45) is 0 Å². The number of benzene rings is 1. The van der Waals surface area contributed by atoms with Crippen LogP contribution in [0.3, 0.4) is 0 Å². The van der Waals surface area contributed by atoms with Crippen LogP contribution in [0.5, 0.6) is 0 Å². The maximum Gasteiger partial charge on any atom is 0.221 e. The smallest absolute Gasteiger partial charge is 0.221 e. The summed E-state index contributed by atoms with van der Waals surface area (Å²) in [5.74, 6) is 2.24. The third-order valence-corrected chi connectivity index (χ3v) is 4.25. The Morgan fingerprint density at radius 1 is 1.04 bits per heavy atom. The first-order chi connectivity index (χ1) is 12.1. The van der Waals surface area contributed by atoms with E-state index in [1.807, 2.05) is 37.3 Å². The van der Waals surface area contributed by atoms with Gasteiger partial charge in [0, 0.05) is 30.4 Å². The van der Waals surface area contributed by atoms with E-state index in [0.29, 0.717) is 6.04 Å². The molecular formula is C19H25N5O. The molecule has 1 aliphatic rings. The van der Waals surface area contributed by atoms with E-state index in [4.69, 9.17) is 0 Å². The lowest BCUT2D eigenvalue weighted by atomic mass is 9.95. The van der Waals surface area contributed by atoms with Crippen molar-refractivity contribution in [3.05, 3.63) is 36.2 Å². The Morgan fingerprint density at radius 2 is 1.76 bits per heavy atom. The number of hydrogen-bond donors (Lipinski definition) is 3. The van der Waals surface area contributed by atoms with Crippen molar-refractivity contribution in [3.63, 3.8) is 0 Å². The molecule has 0 spiro atoms. The molecule has 0 radical (unpaired) electrons. The Balaban J connectivity index is 1.72. The number of nitrogens with one attached hydrogen (secondary N) is 3. The molecule has 0 unspecified atom stereocenters. The van der Waals surface area contributed by atoms with Crippen molar-refractivity contribution in [1.29, 1.82) is 0 Å². The third-order valence-electron chi connectivity index (χ3n) is 4.25. The van der Waals surface area contributed by atoms with Gasteiger partial charge in [0.1, 0.15) is 17.5 Å². The summed E-state index contributed by atoms with van der Waals surface area (Å²) in [7, 11) is 0. The second-order valence-corrected chi connectivity index (χ2v) is 6.55. The first kappa shape index (κ1) is 17.2. The Kier molecular flexibility index (Phi) is 5.48. The highest BCUT2D eigenvalue weighted by Gasteiger charge is 2.14. The minimum Gasteiger partial charge on any atom is -0.367 e. The molecule has 0 saturated heterocycles. The number of carbonyl (C=O) groups excluding carboxylic acids is 1. The zero-order valence-corrected chi connectivity index (χ0v) is 14.8. The molecule has 6 heteroatoms. The van der Waals surface area contributed by atoms with Gasteiger partial charge in [-0.15, -0.1) is 0 Å². The van der Waals surface area contributed by atoms with E-state index in [0.717, 1.165) is 28.8 Å². The molecule has 0 atom stereocenters. The summed E-state index contributed by atoms with van der Waals surface area (Å²) in [4.78, 5) is 20.2. The first-order valence-corrected chi connectivity index (χ1v) is 8.85. The SMILES string of the molecule is CC(=O)Nc1cccc(Nc2cc(NC3CCCCC3)nc(C)n2)c1. The molecule has 2 aromatic rings. The van der Waals surface area contributed by atoms with Gasteiger partial charge in [0.15, 0.2) is 0 Å². The Morgan fingerprint density at radius 3 is 2.52 bits per heavy atom. The van der Waals surface area contributed by atoms with Crippen LogP contribution in [0.15, 0.2) is 30.3 Å². The number of aryl methyl sites for hydroxylation is 1. The molecular weight excluding hydrogens is 314 g/mol. The number of carbonyl (C=O) groups is 1. The fourth-order valence-corrected chi connectivity index (χ4v) is 3.19. The van der Waals surface area contributed by atoms with Crippen LogP contribution in [0.2, 0.25) is 0 Å². The van der Waals surface area contributed by atoms with Crippen LogP contribution in [-0.4, -0.2) is 21.9 Å². The topological polar surface area (TPSA) is 78.9 Å². The Labute approximate surface area is 148 Å². The monoisotopic (exact) mass is 339 g/mol. The summed E-state index contributed by atoms with van der Waals surface area (Å²) in [5.41, 5.74) is 1.62. The molecule has 1 aromatic heterocycles. The predicted molar refractivity (Wildman–Crippen MR) is 101 cm³/mol. The van der Waals surface area contributed by atoms with Crippen molar-refractivity contribution >= 4 is 28.9 Å². The van der Waals surface area contributed by atoms with E-state index in [1.54, 1.807) is 0 Å². The summed E-state index contributed by atoms with van der Waals surface area (Å²) >= 11 is 0. The molecule has 1 aromatic carbocycles. The highest BCUT2D eigenvalue weighted by atomic mass is 16.1. The highest BCUT2D eigenvalue weighted by molar-refractivity contribution is 5.89. The summed E-state index contributed by atoms with van der Waals surface area (Å²) in [6.07, 6.45) is 6.29. The number of anilines is 4. The van der Waals surface area contributed by atoms with Gasteiger partial charge in [0.2, 0.25) is 5.91 Å².